The molecule has 0 aliphatic carbocycles. The van der Waals surface area contributed by atoms with E-state index in [1.807, 2.05) is 0 Å². The molecule has 0 bridgehead atoms. The summed E-state index contributed by atoms with van der Waals surface area (Å²) in [6, 6.07) is 0. The summed E-state index contributed by atoms with van der Waals surface area (Å²) in [4.78, 5) is 10.4. The molecule has 2 heteroatoms. The summed E-state index contributed by atoms with van der Waals surface area (Å²) < 4.78 is 0. The van der Waals surface area contributed by atoms with Crippen molar-refractivity contribution in [3.8, 4) is 0 Å². The molecule has 0 spiro atoms. The Balaban J connectivity index is 3.05. The average molecular weight is 395 g/mol. The highest BCUT2D eigenvalue weighted by Gasteiger charge is 1.95. The number of allylic oxidation sites excluding steroid dienone is 2. The van der Waals surface area contributed by atoms with Crippen molar-refractivity contribution in [2.75, 3.05) is 0 Å². The normalized spacial score (nSPS) is 11.5. The topological polar surface area (TPSA) is 37.3 Å². The Bertz CT molecular complexity index is 335. The fourth-order valence-corrected chi connectivity index (χ4v) is 3.77. The molecule has 0 saturated carbocycles. The second kappa shape index (κ2) is 24.2. The Kier molecular flexibility index (Phi) is 23.6. The lowest BCUT2D eigenvalue weighted by Gasteiger charge is -2.03. The highest BCUT2D eigenvalue weighted by atomic mass is 16.4. The molecular weight excluding hydrogens is 344 g/mol. The Labute approximate surface area is 176 Å². The third-order valence-corrected chi connectivity index (χ3v) is 5.65. The second-order valence-corrected chi connectivity index (χ2v) is 8.56. The quantitative estimate of drug-likeness (QED) is 0.138. The first-order valence-electron chi connectivity index (χ1n) is 12.6. The lowest BCUT2D eigenvalue weighted by molar-refractivity contribution is -0.137. The average Bonchev–Trinajstić information content (AvgIpc) is 2.68. The molecule has 1 N–H and O–H groups in total. The maximum atomic E-state index is 10.4. The summed E-state index contributed by atoms with van der Waals surface area (Å²) >= 11 is 0. The van der Waals surface area contributed by atoms with Gasteiger partial charge in [-0.15, -0.1) is 0 Å². The molecule has 2 nitrogen and oxygen atoms in total. The van der Waals surface area contributed by atoms with E-state index >= 15 is 0 Å². The first kappa shape index (κ1) is 27.2. The van der Waals surface area contributed by atoms with Crippen molar-refractivity contribution in [3.63, 3.8) is 0 Å². The summed E-state index contributed by atoms with van der Waals surface area (Å²) in [6.45, 7) is 2.29. The first-order chi connectivity index (χ1) is 13.8. The zero-order chi connectivity index (χ0) is 20.5. The molecule has 0 radical (unpaired) electrons. The van der Waals surface area contributed by atoms with Gasteiger partial charge >= 0.3 is 5.97 Å². The molecule has 0 rings (SSSR count). The van der Waals surface area contributed by atoms with Gasteiger partial charge in [0, 0.05) is 6.42 Å². The highest BCUT2D eigenvalue weighted by Crippen LogP contribution is 2.14. The van der Waals surface area contributed by atoms with E-state index in [2.05, 4.69) is 19.1 Å². The molecule has 0 amide bonds. The molecule has 0 aromatic rings. The van der Waals surface area contributed by atoms with Crippen LogP contribution in [0.5, 0.6) is 0 Å². The van der Waals surface area contributed by atoms with Crippen molar-refractivity contribution < 1.29 is 9.90 Å². The van der Waals surface area contributed by atoms with Gasteiger partial charge < -0.3 is 5.11 Å². The van der Waals surface area contributed by atoms with E-state index in [1.54, 1.807) is 0 Å². The molecule has 0 aliphatic rings. The van der Waals surface area contributed by atoms with E-state index in [9.17, 15) is 4.79 Å². The van der Waals surface area contributed by atoms with Crippen LogP contribution in [0.25, 0.3) is 0 Å². The number of carboxylic acid groups (broad SMARTS) is 1. The third kappa shape index (κ3) is 25.2. The first-order valence-corrected chi connectivity index (χ1v) is 12.6. The Morgan fingerprint density at radius 2 is 0.857 bits per heavy atom. The minimum Gasteiger partial charge on any atom is -0.481 e. The van der Waals surface area contributed by atoms with Crippen molar-refractivity contribution in [3.05, 3.63) is 12.2 Å². The van der Waals surface area contributed by atoms with Crippen LogP contribution in [-0.2, 0) is 4.79 Å². The second-order valence-electron chi connectivity index (χ2n) is 8.56. The predicted molar refractivity (Wildman–Crippen MR) is 124 cm³/mol. The fourth-order valence-electron chi connectivity index (χ4n) is 3.77. The van der Waals surface area contributed by atoms with E-state index in [-0.39, 0.29) is 0 Å². The number of hydrogen-bond donors (Lipinski definition) is 1. The van der Waals surface area contributed by atoms with Gasteiger partial charge in [-0.2, -0.15) is 0 Å². The summed E-state index contributed by atoms with van der Waals surface area (Å²) in [6.07, 6.45) is 33.1. The minimum atomic E-state index is -0.683. The van der Waals surface area contributed by atoms with Crippen LogP contribution in [0.3, 0.4) is 0 Å². The van der Waals surface area contributed by atoms with Gasteiger partial charge in [0.15, 0.2) is 0 Å². The molecule has 0 aliphatic heterocycles. The molecule has 0 atom stereocenters. The summed E-state index contributed by atoms with van der Waals surface area (Å²) in [7, 11) is 0. The molecule has 0 heterocycles. The standard InChI is InChI=1S/C26H50O2/c1-2-3-4-5-6-7-8-9-10-11-12-13-14-15-16-17-18-19-20-21-22-23-24-25-26(27)28/h21-22H,2-20,23-25H2,1H3,(H,27,28). The fraction of sp³-hybridized carbons (Fsp3) is 0.885. The van der Waals surface area contributed by atoms with E-state index in [0.717, 1.165) is 19.3 Å². The molecule has 0 aromatic heterocycles. The Morgan fingerprint density at radius 3 is 1.21 bits per heavy atom. The number of carboxylic acids is 1. The van der Waals surface area contributed by atoms with Crippen LogP contribution >= 0.6 is 0 Å². The predicted octanol–water partition coefficient (Wildman–Crippen LogP) is 9.23. The zero-order valence-electron chi connectivity index (χ0n) is 19.1. The SMILES string of the molecule is CCCCCCCCCCCCCCCCCCCCC=CCCCC(=O)O. The van der Waals surface area contributed by atoms with Crippen LogP contribution in [0.2, 0.25) is 0 Å². The lowest BCUT2D eigenvalue weighted by atomic mass is 10.0. The largest absolute Gasteiger partial charge is 0.481 e. The molecule has 0 unspecified atom stereocenters. The molecule has 28 heavy (non-hydrogen) atoms. The summed E-state index contributed by atoms with van der Waals surface area (Å²) in [5.74, 6) is -0.683. The summed E-state index contributed by atoms with van der Waals surface area (Å²) in [5, 5.41) is 8.56. The van der Waals surface area contributed by atoms with E-state index in [1.165, 1.54) is 116 Å². The smallest absolute Gasteiger partial charge is 0.303 e. The van der Waals surface area contributed by atoms with E-state index in [4.69, 9.17) is 5.11 Å². The van der Waals surface area contributed by atoms with Gasteiger partial charge in [0.2, 0.25) is 0 Å². The maximum absolute atomic E-state index is 10.4. The Morgan fingerprint density at radius 1 is 0.536 bits per heavy atom. The molecule has 0 saturated heterocycles. The van der Waals surface area contributed by atoms with E-state index < -0.39 is 5.97 Å². The van der Waals surface area contributed by atoms with Crippen LogP contribution in [0.4, 0.5) is 0 Å². The lowest BCUT2D eigenvalue weighted by Crippen LogP contribution is -1.92. The molecule has 0 aromatic carbocycles. The van der Waals surface area contributed by atoms with Gasteiger partial charge in [0.25, 0.3) is 0 Å². The van der Waals surface area contributed by atoms with Crippen molar-refractivity contribution in [2.24, 2.45) is 0 Å². The van der Waals surface area contributed by atoms with Crippen molar-refractivity contribution in [1.29, 1.82) is 0 Å². The van der Waals surface area contributed by atoms with Gasteiger partial charge in [-0.3, -0.25) is 4.79 Å². The van der Waals surface area contributed by atoms with E-state index in [0.29, 0.717) is 6.42 Å². The maximum Gasteiger partial charge on any atom is 0.303 e. The van der Waals surface area contributed by atoms with Gasteiger partial charge in [0.05, 0.1) is 0 Å². The molecule has 0 fully saturated rings. The molecular formula is C26H50O2. The van der Waals surface area contributed by atoms with Crippen LogP contribution in [-0.4, -0.2) is 11.1 Å². The third-order valence-electron chi connectivity index (χ3n) is 5.65. The number of hydrogen-bond acceptors (Lipinski definition) is 1. The van der Waals surface area contributed by atoms with Crippen LogP contribution in [0.15, 0.2) is 12.2 Å². The number of carbonyl (C=O) groups is 1. The van der Waals surface area contributed by atoms with Crippen molar-refractivity contribution >= 4 is 5.97 Å². The van der Waals surface area contributed by atoms with Crippen LogP contribution < -0.4 is 0 Å². The van der Waals surface area contributed by atoms with Crippen LogP contribution in [0, 0.1) is 0 Å². The van der Waals surface area contributed by atoms with Crippen LogP contribution in [0.1, 0.15) is 148 Å². The number of unbranched alkanes of at least 4 members (excludes halogenated alkanes) is 19. The van der Waals surface area contributed by atoms with Gasteiger partial charge in [0.1, 0.15) is 0 Å². The van der Waals surface area contributed by atoms with Gasteiger partial charge in [-0.1, -0.05) is 128 Å². The van der Waals surface area contributed by atoms with Crippen molar-refractivity contribution in [2.45, 2.75) is 148 Å². The Hall–Kier alpha value is -0.790. The zero-order valence-corrected chi connectivity index (χ0v) is 19.1. The minimum absolute atomic E-state index is 0.295. The number of aliphatic carboxylic acids is 1. The highest BCUT2D eigenvalue weighted by molar-refractivity contribution is 5.66. The van der Waals surface area contributed by atoms with Crippen molar-refractivity contribution in [1.82, 2.24) is 0 Å². The number of rotatable bonds is 23. The summed E-state index contributed by atoms with van der Waals surface area (Å²) in [5.41, 5.74) is 0. The molecule has 166 valence electrons. The van der Waals surface area contributed by atoms with Gasteiger partial charge in [-0.05, 0) is 25.7 Å². The van der Waals surface area contributed by atoms with Gasteiger partial charge in [-0.25, -0.2) is 0 Å². The monoisotopic (exact) mass is 394 g/mol.